The Bertz CT molecular complexity index is 767. The van der Waals surface area contributed by atoms with E-state index in [0.717, 1.165) is 17.5 Å². The number of aromatic nitrogens is 2. The SMILES string of the molecule is CC(C)CC[NH+]=C1N=c2c(=O)n(C)c(=O)n(C)c2=N1. The maximum absolute atomic E-state index is 11.9. The number of rotatable bonds is 3. The summed E-state index contributed by atoms with van der Waals surface area (Å²) in [6.45, 7) is 5.00. The van der Waals surface area contributed by atoms with Crippen molar-refractivity contribution in [2.75, 3.05) is 6.54 Å². The van der Waals surface area contributed by atoms with E-state index in [1.165, 1.54) is 11.6 Å². The lowest BCUT2D eigenvalue weighted by Crippen LogP contribution is -2.72. The molecule has 102 valence electrons. The van der Waals surface area contributed by atoms with Crippen LogP contribution in [-0.4, -0.2) is 21.6 Å². The van der Waals surface area contributed by atoms with Crippen LogP contribution in [0.25, 0.3) is 0 Å². The molecule has 7 heteroatoms. The molecule has 0 amide bonds. The van der Waals surface area contributed by atoms with Gasteiger partial charge in [-0.1, -0.05) is 18.8 Å². The first-order valence-electron chi connectivity index (χ1n) is 6.26. The first kappa shape index (κ1) is 13.4. The second-order valence-corrected chi connectivity index (χ2v) is 5.03. The van der Waals surface area contributed by atoms with E-state index in [1.807, 2.05) is 0 Å². The second kappa shape index (κ2) is 4.91. The molecule has 1 aromatic heterocycles. The van der Waals surface area contributed by atoms with Gasteiger partial charge in [0.15, 0.2) is 0 Å². The molecule has 0 aromatic carbocycles. The summed E-state index contributed by atoms with van der Waals surface area (Å²) in [5.74, 6) is 0.975. The third-order valence-corrected chi connectivity index (χ3v) is 3.04. The number of guanidine groups is 1. The minimum Gasteiger partial charge on any atom is -0.272 e. The highest BCUT2D eigenvalue weighted by Gasteiger charge is 2.21. The Morgan fingerprint density at radius 1 is 1.16 bits per heavy atom. The predicted molar refractivity (Wildman–Crippen MR) is 69.5 cm³/mol. The van der Waals surface area contributed by atoms with Gasteiger partial charge in [0, 0.05) is 14.1 Å². The van der Waals surface area contributed by atoms with Gasteiger partial charge in [-0.05, 0) is 17.3 Å². The lowest BCUT2D eigenvalue weighted by Gasteiger charge is -1.97. The standard InChI is InChI=1S/C12H17N5O2/c1-7(2)5-6-13-11-14-8-9(15-11)16(3)12(19)17(4)10(8)18/h7H,5-6H2,1-4H3/p+1. The van der Waals surface area contributed by atoms with Crippen molar-refractivity contribution in [1.29, 1.82) is 0 Å². The summed E-state index contributed by atoms with van der Waals surface area (Å²) < 4.78 is 2.37. The maximum Gasteiger partial charge on any atom is 0.429 e. The zero-order valence-corrected chi connectivity index (χ0v) is 11.6. The molecule has 2 heterocycles. The van der Waals surface area contributed by atoms with E-state index in [9.17, 15) is 9.59 Å². The van der Waals surface area contributed by atoms with Crippen LogP contribution in [0, 0.1) is 5.92 Å². The molecule has 1 aromatic rings. The van der Waals surface area contributed by atoms with Crippen LogP contribution in [0.1, 0.15) is 20.3 Å². The summed E-state index contributed by atoms with van der Waals surface area (Å²) in [4.78, 5) is 35.1. The Kier molecular flexibility index (Phi) is 3.46. The molecule has 0 fully saturated rings. The Balaban J connectivity index is 2.52. The highest BCUT2D eigenvalue weighted by atomic mass is 16.2. The van der Waals surface area contributed by atoms with E-state index in [2.05, 4.69) is 28.8 Å². The van der Waals surface area contributed by atoms with E-state index in [1.54, 1.807) is 7.05 Å². The average Bonchev–Trinajstić information content (AvgIpc) is 2.77. The van der Waals surface area contributed by atoms with Crippen LogP contribution in [0.3, 0.4) is 0 Å². The van der Waals surface area contributed by atoms with Crippen molar-refractivity contribution < 1.29 is 4.99 Å². The molecule has 0 unspecified atom stereocenters. The van der Waals surface area contributed by atoms with Gasteiger partial charge < -0.3 is 0 Å². The normalized spacial score (nSPS) is 15.5. The van der Waals surface area contributed by atoms with Crippen LogP contribution in [-0.2, 0) is 14.1 Å². The molecule has 0 saturated carbocycles. The molecule has 1 aliphatic heterocycles. The minimum absolute atomic E-state index is 0.219. The Morgan fingerprint density at radius 3 is 2.47 bits per heavy atom. The van der Waals surface area contributed by atoms with E-state index in [0.29, 0.717) is 17.4 Å². The summed E-state index contributed by atoms with van der Waals surface area (Å²) >= 11 is 0. The van der Waals surface area contributed by atoms with Gasteiger partial charge in [0.25, 0.3) is 10.8 Å². The van der Waals surface area contributed by atoms with Crippen molar-refractivity contribution in [2.24, 2.45) is 30.0 Å². The van der Waals surface area contributed by atoms with Crippen LogP contribution in [0.5, 0.6) is 0 Å². The van der Waals surface area contributed by atoms with E-state index in [4.69, 9.17) is 0 Å². The average molecular weight is 264 g/mol. The fraction of sp³-hybridized carbons (Fsp3) is 0.583. The molecule has 7 nitrogen and oxygen atoms in total. The Labute approximate surface area is 109 Å². The maximum atomic E-state index is 11.9. The molecular weight excluding hydrogens is 246 g/mol. The van der Waals surface area contributed by atoms with Gasteiger partial charge in [0.2, 0.25) is 0 Å². The molecule has 1 N–H and O–H groups in total. The topological polar surface area (TPSA) is 82.7 Å². The Morgan fingerprint density at radius 2 is 1.84 bits per heavy atom. The van der Waals surface area contributed by atoms with Gasteiger partial charge in [-0.15, -0.1) is 0 Å². The number of nitrogens with one attached hydrogen (secondary N) is 1. The van der Waals surface area contributed by atoms with Gasteiger partial charge in [0.1, 0.15) is 0 Å². The zero-order valence-electron chi connectivity index (χ0n) is 11.6. The summed E-state index contributed by atoms with van der Waals surface area (Å²) in [5.41, 5.74) is -0.492. The van der Waals surface area contributed by atoms with Crippen molar-refractivity contribution in [3.63, 3.8) is 0 Å². The smallest absolute Gasteiger partial charge is 0.272 e. The summed E-state index contributed by atoms with van der Waals surface area (Å²) in [6.07, 6.45) is 0.988. The molecule has 0 atom stereocenters. The molecule has 0 aliphatic carbocycles. The quantitative estimate of drug-likeness (QED) is 0.624. The zero-order chi connectivity index (χ0) is 14.2. The van der Waals surface area contributed by atoms with Crippen LogP contribution >= 0.6 is 0 Å². The van der Waals surface area contributed by atoms with Crippen molar-refractivity contribution >= 4 is 5.96 Å². The molecule has 1 aliphatic rings. The van der Waals surface area contributed by atoms with Gasteiger partial charge in [-0.2, -0.15) is 0 Å². The number of hydrogen-bond acceptors (Lipinski definition) is 2. The molecule has 0 bridgehead atoms. The molecule has 19 heavy (non-hydrogen) atoms. The summed E-state index contributed by atoms with van der Waals surface area (Å²) in [5, 5.41) is 0.219. The van der Waals surface area contributed by atoms with Crippen LogP contribution in [0.4, 0.5) is 0 Å². The highest BCUT2D eigenvalue weighted by molar-refractivity contribution is 5.77. The minimum atomic E-state index is -0.414. The number of fused-ring (bicyclic) bond motifs is 1. The molecule has 2 rings (SSSR count). The monoisotopic (exact) mass is 264 g/mol. The van der Waals surface area contributed by atoms with Gasteiger partial charge in [0.05, 0.1) is 6.54 Å². The lowest BCUT2D eigenvalue weighted by molar-refractivity contribution is -0.460. The Hall–Kier alpha value is -2.05. The van der Waals surface area contributed by atoms with Gasteiger partial charge >= 0.3 is 17.2 Å². The number of hydrogen-bond donors (Lipinski definition) is 1. The fourth-order valence-electron chi connectivity index (χ4n) is 1.82. The summed E-state index contributed by atoms with van der Waals surface area (Å²) in [6, 6.07) is 0. The third kappa shape index (κ3) is 2.40. The molecule has 0 saturated heterocycles. The first-order chi connectivity index (χ1) is 8.91. The van der Waals surface area contributed by atoms with Crippen molar-refractivity contribution in [3.05, 3.63) is 31.7 Å². The van der Waals surface area contributed by atoms with Gasteiger partial charge in [-0.3, -0.25) is 18.9 Å². The van der Waals surface area contributed by atoms with E-state index in [-0.39, 0.29) is 5.36 Å². The molecule has 0 spiro atoms. The van der Waals surface area contributed by atoms with E-state index < -0.39 is 11.2 Å². The van der Waals surface area contributed by atoms with Gasteiger partial charge in [-0.25, -0.2) is 4.79 Å². The largest absolute Gasteiger partial charge is 0.429 e. The van der Waals surface area contributed by atoms with Crippen LogP contribution in [0.2, 0.25) is 0 Å². The van der Waals surface area contributed by atoms with Crippen molar-refractivity contribution in [1.82, 2.24) is 9.13 Å². The second-order valence-electron chi connectivity index (χ2n) is 5.03. The van der Waals surface area contributed by atoms with Crippen LogP contribution < -0.4 is 27.1 Å². The lowest BCUT2D eigenvalue weighted by atomic mass is 10.1. The predicted octanol–water partition coefficient (Wildman–Crippen LogP) is -3.18. The number of nitrogens with zero attached hydrogens (tertiary/aromatic N) is 4. The molecular formula is C12H18N5O2+. The van der Waals surface area contributed by atoms with E-state index >= 15 is 0 Å². The molecule has 0 radical (unpaired) electrons. The third-order valence-electron chi connectivity index (χ3n) is 3.04. The first-order valence-corrected chi connectivity index (χ1v) is 6.26. The summed E-state index contributed by atoms with van der Waals surface area (Å²) in [7, 11) is 3.02. The highest BCUT2D eigenvalue weighted by Crippen LogP contribution is 1.93. The van der Waals surface area contributed by atoms with Crippen LogP contribution in [0.15, 0.2) is 19.6 Å². The van der Waals surface area contributed by atoms with Crippen molar-refractivity contribution in [2.45, 2.75) is 20.3 Å². The van der Waals surface area contributed by atoms with Crippen molar-refractivity contribution in [3.8, 4) is 0 Å². The fourth-order valence-corrected chi connectivity index (χ4v) is 1.82.